The summed E-state index contributed by atoms with van der Waals surface area (Å²) < 4.78 is 5.30. The summed E-state index contributed by atoms with van der Waals surface area (Å²) in [5.41, 5.74) is 3.06. The summed E-state index contributed by atoms with van der Waals surface area (Å²) in [5.74, 6) is 0.695. The van der Waals surface area contributed by atoms with E-state index in [0.717, 1.165) is 30.8 Å². The maximum Gasteiger partial charge on any atom is 0.251 e. The van der Waals surface area contributed by atoms with Crippen LogP contribution in [0.4, 0.5) is 5.69 Å². The molecule has 0 radical (unpaired) electrons. The molecule has 1 amide bonds. The van der Waals surface area contributed by atoms with Crippen molar-refractivity contribution in [2.24, 2.45) is 0 Å². The van der Waals surface area contributed by atoms with E-state index in [1.54, 1.807) is 6.26 Å². The highest BCUT2D eigenvalue weighted by molar-refractivity contribution is 5.95. The summed E-state index contributed by atoms with van der Waals surface area (Å²) in [7, 11) is 0. The molecule has 1 aliphatic rings. The zero-order valence-electron chi connectivity index (χ0n) is 11.5. The molecule has 1 atom stereocenters. The van der Waals surface area contributed by atoms with E-state index in [1.807, 2.05) is 37.3 Å². The maximum absolute atomic E-state index is 12.3. The van der Waals surface area contributed by atoms with Gasteiger partial charge in [0.2, 0.25) is 0 Å². The average Bonchev–Trinajstić information content (AvgIpc) is 3.01. The number of hydrogen-bond donors (Lipinski definition) is 2. The van der Waals surface area contributed by atoms with Crippen LogP contribution in [0.5, 0.6) is 0 Å². The average molecular weight is 270 g/mol. The molecule has 4 nitrogen and oxygen atoms in total. The normalized spacial score (nSPS) is 15.1. The molecule has 2 N–H and O–H groups in total. The first kappa shape index (κ1) is 12.8. The molecular formula is C16H18N2O2. The summed E-state index contributed by atoms with van der Waals surface area (Å²) in [6.45, 7) is 2.92. The van der Waals surface area contributed by atoms with Crippen LogP contribution in [0.2, 0.25) is 0 Å². The fraction of sp³-hybridized carbons (Fsp3) is 0.312. The molecule has 20 heavy (non-hydrogen) atoms. The van der Waals surface area contributed by atoms with Crippen LogP contribution < -0.4 is 10.6 Å². The van der Waals surface area contributed by atoms with Crippen LogP contribution in [0.1, 0.15) is 41.1 Å². The lowest BCUT2D eigenvalue weighted by Gasteiger charge is -2.19. The number of amides is 1. The van der Waals surface area contributed by atoms with Gasteiger partial charge in [0, 0.05) is 17.8 Å². The number of carbonyl (C=O) groups is 1. The molecular weight excluding hydrogens is 252 g/mol. The second-order valence-corrected chi connectivity index (χ2v) is 5.11. The smallest absolute Gasteiger partial charge is 0.251 e. The Kier molecular flexibility index (Phi) is 3.46. The van der Waals surface area contributed by atoms with Crippen LogP contribution in [0.15, 0.2) is 41.0 Å². The monoisotopic (exact) mass is 270 g/mol. The number of fused-ring (bicyclic) bond motifs is 1. The summed E-state index contributed by atoms with van der Waals surface area (Å²) in [4.78, 5) is 12.3. The molecule has 0 saturated heterocycles. The Morgan fingerprint density at radius 3 is 3.10 bits per heavy atom. The van der Waals surface area contributed by atoms with Gasteiger partial charge < -0.3 is 15.1 Å². The molecule has 0 aliphatic carbocycles. The van der Waals surface area contributed by atoms with E-state index < -0.39 is 0 Å². The fourth-order valence-corrected chi connectivity index (χ4v) is 2.50. The van der Waals surface area contributed by atoms with Crippen LogP contribution in [0, 0.1) is 0 Å². The van der Waals surface area contributed by atoms with Gasteiger partial charge in [-0.2, -0.15) is 0 Å². The van der Waals surface area contributed by atoms with E-state index in [9.17, 15) is 4.79 Å². The van der Waals surface area contributed by atoms with Crippen molar-refractivity contribution in [3.8, 4) is 0 Å². The molecule has 3 rings (SSSR count). The number of anilines is 1. The van der Waals surface area contributed by atoms with E-state index in [1.165, 1.54) is 5.56 Å². The van der Waals surface area contributed by atoms with Gasteiger partial charge in [-0.1, -0.05) is 0 Å². The molecule has 1 aliphatic heterocycles. The summed E-state index contributed by atoms with van der Waals surface area (Å²) in [6, 6.07) is 9.38. The Morgan fingerprint density at radius 1 is 1.40 bits per heavy atom. The van der Waals surface area contributed by atoms with E-state index in [4.69, 9.17) is 4.42 Å². The summed E-state index contributed by atoms with van der Waals surface area (Å²) in [6.07, 6.45) is 3.75. The second kappa shape index (κ2) is 5.41. The van der Waals surface area contributed by atoms with E-state index in [2.05, 4.69) is 10.6 Å². The lowest BCUT2D eigenvalue weighted by molar-refractivity contribution is 0.0935. The molecule has 2 heterocycles. The molecule has 0 fully saturated rings. The van der Waals surface area contributed by atoms with Gasteiger partial charge >= 0.3 is 0 Å². The number of benzene rings is 1. The van der Waals surface area contributed by atoms with E-state index >= 15 is 0 Å². The van der Waals surface area contributed by atoms with Crippen molar-refractivity contribution in [1.82, 2.24) is 5.32 Å². The highest BCUT2D eigenvalue weighted by Crippen LogP contribution is 2.23. The second-order valence-electron chi connectivity index (χ2n) is 5.11. The number of aryl methyl sites for hydroxylation is 1. The largest absolute Gasteiger partial charge is 0.467 e. The van der Waals surface area contributed by atoms with Gasteiger partial charge in [0.1, 0.15) is 5.76 Å². The first-order valence-corrected chi connectivity index (χ1v) is 6.95. The van der Waals surface area contributed by atoms with Crippen molar-refractivity contribution in [2.75, 3.05) is 11.9 Å². The minimum atomic E-state index is -0.133. The van der Waals surface area contributed by atoms with Crippen LogP contribution in [0.3, 0.4) is 0 Å². The van der Waals surface area contributed by atoms with Crippen molar-refractivity contribution in [3.05, 3.63) is 53.5 Å². The Bertz CT molecular complexity index is 605. The predicted octanol–water partition coefficient (Wildman–Crippen LogP) is 3.13. The van der Waals surface area contributed by atoms with Crippen LogP contribution in [-0.4, -0.2) is 12.5 Å². The molecule has 4 heteroatoms. The third-order valence-electron chi connectivity index (χ3n) is 3.62. The Labute approximate surface area is 118 Å². The summed E-state index contributed by atoms with van der Waals surface area (Å²) >= 11 is 0. The lowest BCUT2D eigenvalue weighted by Crippen LogP contribution is -2.26. The standard InChI is InChI=1S/C16H18N2O2/c1-11(15-5-3-9-20-15)18-16(19)13-6-7-14-12(10-13)4-2-8-17-14/h3,5-7,9-11,17H,2,4,8H2,1H3,(H,18,19)/t11-/m1/s1. The third kappa shape index (κ3) is 2.54. The molecule has 104 valence electrons. The fourth-order valence-electron chi connectivity index (χ4n) is 2.50. The minimum absolute atomic E-state index is 0.0673. The van der Waals surface area contributed by atoms with Crippen LogP contribution >= 0.6 is 0 Å². The first-order chi connectivity index (χ1) is 9.74. The summed E-state index contributed by atoms with van der Waals surface area (Å²) in [5, 5.41) is 6.30. The number of hydrogen-bond acceptors (Lipinski definition) is 3. The van der Waals surface area contributed by atoms with E-state index in [-0.39, 0.29) is 11.9 Å². The van der Waals surface area contributed by atoms with Gasteiger partial charge in [-0.15, -0.1) is 0 Å². The molecule has 2 aromatic rings. The highest BCUT2D eigenvalue weighted by atomic mass is 16.3. The Hall–Kier alpha value is -2.23. The van der Waals surface area contributed by atoms with E-state index in [0.29, 0.717) is 5.56 Å². The molecule has 1 aromatic carbocycles. The molecule has 1 aromatic heterocycles. The lowest BCUT2D eigenvalue weighted by atomic mass is 10.0. The van der Waals surface area contributed by atoms with Gasteiger partial charge in [-0.05, 0) is 55.7 Å². The number of rotatable bonds is 3. The minimum Gasteiger partial charge on any atom is -0.467 e. The predicted molar refractivity (Wildman–Crippen MR) is 77.8 cm³/mol. The topological polar surface area (TPSA) is 54.3 Å². The van der Waals surface area contributed by atoms with Crippen LogP contribution in [-0.2, 0) is 6.42 Å². The molecule has 0 bridgehead atoms. The van der Waals surface area contributed by atoms with Gasteiger partial charge in [0.15, 0.2) is 0 Å². The van der Waals surface area contributed by atoms with Gasteiger partial charge in [-0.3, -0.25) is 4.79 Å². The first-order valence-electron chi connectivity index (χ1n) is 6.95. The van der Waals surface area contributed by atoms with Crippen molar-refractivity contribution >= 4 is 11.6 Å². The highest BCUT2D eigenvalue weighted by Gasteiger charge is 2.15. The SMILES string of the molecule is C[C@@H](NC(=O)c1ccc2c(c1)CCCN2)c1ccco1. The third-order valence-corrected chi connectivity index (χ3v) is 3.62. The van der Waals surface area contributed by atoms with Crippen molar-refractivity contribution in [3.63, 3.8) is 0 Å². The Morgan fingerprint density at radius 2 is 2.30 bits per heavy atom. The zero-order chi connectivity index (χ0) is 13.9. The number of carbonyl (C=O) groups excluding carboxylic acids is 1. The quantitative estimate of drug-likeness (QED) is 0.901. The van der Waals surface area contributed by atoms with Crippen molar-refractivity contribution < 1.29 is 9.21 Å². The van der Waals surface area contributed by atoms with Gasteiger partial charge in [0.25, 0.3) is 5.91 Å². The molecule has 0 unspecified atom stereocenters. The maximum atomic E-state index is 12.3. The van der Waals surface area contributed by atoms with Crippen molar-refractivity contribution in [2.45, 2.75) is 25.8 Å². The number of nitrogens with one attached hydrogen (secondary N) is 2. The Balaban J connectivity index is 1.74. The van der Waals surface area contributed by atoms with Gasteiger partial charge in [-0.25, -0.2) is 0 Å². The number of furan rings is 1. The van der Waals surface area contributed by atoms with Crippen molar-refractivity contribution in [1.29, 1.82) is 0 Å². The molecule has 0 spiro atoms. The molecule has 0 saturated carbocycles. The van der Waals surface area contributed by atoms with Crippen LogP contribution in [0.25, 0.3) is 0 Å². The van der Waals surface area contributed by atoms with Gasteiger partial charge in [0.05, 0.1) is 12.3 Å². The zero-order valence-corrected chi connectivity index (χ0v) is 11.5.